The monoisotopic (exact) mass is 299 g/mol. The first-order valence-corrected chi connectivity index (χ1v) is 7.19. The van der Waals surface area contributed by atoms with Crippen molar-refractivity contribution in [3.8, 4) is 11.5 Å². The number of rotatable bonds is 6. The Balaban J connectivity index is 1.70. The van der Waals surface area contributed by atoms with Crippen LogP contribution in [-0.2, 0) is 13.2 Å². The Hall–Kier alpha value is -2.53. The van der Waals surface area contributed by atoms with Gasteiger partial charge in [0.1, 0.15) is 31.3 Å². The van der Waals surface area contributed by atoms with Crippen molar-refractivity contribution in [2.75, 3.05) is 13.7 Å². The molecule has 1 heterocycles. The van der Waals surface area contributed by atoms with Crippen LogP contribution >= 0.6 is 0 Å². The van der Waals surface area contributed by atoms with E-state index in [4.69, 9.17) is 9.47 Å². The van der Waals surface area contributed by atoms with E-state index in [9.17, 15) is 5.11 Å². The normalized spacial score (nSPS) is 10.8. The minimum atomic E-state index is -0.0305. The van der Waals surface area contributed by atoms with Crippen molar-refractivity contribution >= 4 is 11.0 Å². The van der Waals surface area contributed by atoms with Gasteiger partial charge >= 0.3 is 0 Å². The number of fused-ring (bicyclic) bond motifs is 1. The average molecular weight is 299 g/mol. The van der Waals surface area contributed by atoms with E-state index >= 15 is 0 Å². The second-order valence-corrected chi connectivity index (χ2v) is 4.92. The fraction of sp³-hybridized carbons (Fsp3) is 0.235. The van der Waals surface area contributed by atoms with Crippen molar-refractivity contribution in [2.45, 2.75) is 13.2 Å². The lowest BCUT2D eigenvalue weighted by atomic mass is 10.3. The first-order valence-electron chi connectivity index (χ1n) is 7.19. The van der Waals surface area contributed by atoms with Crippen LogP contribution in [-0.4, -0.2) is 23.8 Å². The Kier molecular flexibility index (Phi) is 4.25. The van der Waals surface area contributed by atoms with Gasteiger partial charge < -0.3 is 14.6 Å². The molecular formula is C17H19N2O3+. The summed E-state index contributed by atoms with van der Waals surface area (Å²) in [6.07, 6.45) is 0. The standard InChI is InChI=1S/C17H18N2O3/c1-21-13-6-8-14(9-7-13)22-11-10-19-16-5-3-2-4-15(16)18-17(19)12-20/h2-9,20H,10-12H2,1H3/p+1. The van der Waals surface area contributed by atoms with E-state index in [-0.39, 0.29) is 6.61 Å². The van der Waals surface area contributed by atoms with E-state index in [0.29, 0.717) is 13.2 Å². The van der Waals surface area contributed by atoms with Gasteiger partial charge in [-0.1, -0.05) is 12.1 Å². The molecule has 0 saturated heterocycles. The minimum absolute atomic E-state index is 0.0305. The number of aliphatic hydroxyl groups excluding tert-OH is 1. The number of para-hydroxylation sites is 2. The van der Waals surface area contributed by atoms with Gasteiger partial charge in [0.15, 0.2) is 11.0 Å². The number of aromatic amines is 1. The van der Waals surface area contributed by atoms with E-state index in [1.165, 1.54) is 0 Å². The van der Waals surface area contributed by atoms with Crippen molar-refractivity contribution in [1.29, 1.82) is 0 Å². The number of ether oxygens (including phenoxy) is 2. The average Bonchev–Trinajstić information content (AvgIpc) is 2.93. The maximum absolute atomic E-state index is 9.49. The number of nitrogens with one attached hydrogen (secondary N) is 1. The number of benzene rings is 2. The van der Waals surface area contributed by atoms with Crippen molar-refractivity contribution in [2.24, 2.45) is 0 Å². The summed E-state index contributed by atoms with van der Waals surface area (Å²) in [5.74, 6) is 2.38. The van der Waals surface area contributed by atoms with E-state index < -0.39 is 0 Å². The quantitative estimate of drug-likeness (QED) is 0.685. The molecule has 0 radical (unpaired) electrons. The third-order valence-corrected chi connectivity index (χ3v) is 3.59. The highest BCUT2D eigenvalue weighted by Gasteiger charge is 2.16. The molecule has 0 atom stereocenters. The maximum Gasteiger partial charge on any atom is 0.281 e. The van der Waals surface area contributed by atoms with Crippen LogP contribution in [0.5, 0.6) is 11.5 Å². The van der Waals surface area contributed by atoms with Gasteiger partial charge in [0.2, 0.25) is 0 Å². The Morgan fingerprint density at radius 1 is 1.05 bits per heavy atom. The van der Waals surface area contributed by atoms with Crippen molar-refractivity contribution in [3.63, 3.8) is 0 Å². The van der Waals surface area contributed by atoms with Gasteiger partial charge in [0, 0.05) is 0 Å². The summed E-state index contributed by atoms with van der Waals surface area (Å²) in [4.78, 5) is 3.22. The molecule has 2 aromatic carbocycles. The predicted molar refractivity (Wildman–Crippen MR) is 82.9 cm³/mol. The Labute approximate surface area is 128 Å². The first-order chi connectivity index (χ1) is 10.8. The van der Waals surface area contributed by atoms with Gasteiger partial charge in [-0.3, -0.25) is 0 Å². The number of hydrogen-bond donors (Lipinski definition) is 2. The summed E-state index contributed by atoms with van der Waals surface area (Å²) in [6.45, 7) is 1.15. The summed E-state index contributed by atoms with van der Waals surface area (Å²) >= 11 is 0. The largest absolute Gasteiger partial charge is 0.497 e. The third-order valence-electron chi connectivity index (χ3n) is 3.59. The molecule has 0 saturated carbocycles. The molecule has 2 N–H and O–H groups in total. The highest BCUT2D eigenvalue weighted by Crippen LogP contribution is 2.17. The number of methoxy groups -OCH3 is 1. The van der Waals surface area contributed by atoms with Crippen LogP contribution in [0.4, 0.5) is 0 Å². The first kappa shape index (κ1) is 14.4. The molecule has 22 heavy (non-hydrogen) atoms. The summed E-state index contributed by atoms with van der Waals surface area (Å²) in [5, 5.41) is 9.49. The molecule has 3 aromatic rings. The number of nitrogens with zero attached hydrogens (tertiary/aromatic N) is 1. The lowest BCUT2D eigenvalue weighted by molar-refractivity contribution is -0.681. The van der Waals surface area contributed by atoms with Gasteiger partial charge in [-0.25, -0.2) is 9.55 Å². The van der Waals surface area contributed by atoms with Crippen LogP contribution in [0.3, 0.4) is 0 Å². The van der Waals surface area contributed by atoms with E-state index in [1.54, 1.807) is 7.11 Å². The van der Waals surface area contributed by atoms with Crippen LogP contribution in [0.1, 0.15) is 5.82 Å². The smallest absolute Gasteiger partial charge is 0.281 e. The predicted octanol–water partition coefficient (Wildman–Crippen LogP) is 2.04. The maximum atomic E-state index is 9.49. The van der Waals surface area contributed by atoms with Gasteiger partial charge in [-0.15, -0.1) is 0 Å². The topological polar surface area (TPSA) is 58.4 Å². The lowest BCUT2D eigenvalue weighted by Gasteiger charge is -2.06. The van der Waals surface area contributed by atoms with Crippen LogP contribution < -0.4 is 14.0 Å². The number of H-pyrrole nitrogens is 1. The Morgan fingerprint density at radius 2 is 1.77 bits per heavy atom. The second kappa shape index (κ2) is 6.49. The van der Waals surface area contributed by atoms with Crippen LogP contribution in [0.2, 0.25) is 0 Å². The molecule has 0 aliphatic heterocycles. The molecular weight excluding hydrogens is 280 g/mol. The summed E-state index contributed by atoms with van der Waals surface area (Å²) in [7, 11) is 1.64. The highest BCUT2D eigenvalue weighted by molar-refractivity contribution is 5.70. The molecule has 0 amide bonds. The molecule has 3 rings (SSSR count). The van der Waals surface area contributed by atoms with Crippen LogP contribution in [0.25, 0.3) is 11.0 Å². The fourth-order valence-electron chi connectivity index (χ4n) is 2.49. The fourth-order valence-corrected chi connectivity index (χ4v) is 2.49. The molecule has 1 aromatic heterocycles. The molecule has 0 unspecified atom stereocenters. The van der Waals surface area contributed by atoms with E-state index in [1.807, 2.05) is 53.1 Å². The number of imidazole rings is 1. The van der Waals surface area contributed by atoms with Gasteiger partial charge in [0.25, 0.3) is 5.82 Å². The SMILES string of the molecule is COc1ccc(OCC[n+]2c(CO)[nH]c3ccccc32)cc1. The zero-order chi connectivity index (χ0) is 15.4. The van der Waals surface area contributed by atoms with Crippen molar-refractivity contribution < 1.29 is 19.1 Å². The highest BCUT2D eigenvalue weighted by atomic mass is 16.5. The second-order valence-electron chi connectivity index (χ2n) is 4.92. The Morgan fingerprint density at radius 3 is 2.50 bits per heavy atom. The number of aliphatic hydroxyl groups is 1. The zero-order valence-electron chi connectivity index (χ0n) is 12.5. The molecule has 5 nitrogen and oxygen atoms in total. The van der Waals surface area contributed by atoms with Crippen LogP contribution in [0.15, 0.2) is 48.5 Å². The zero-order valence-corrected chi connectivity index (χ0v) is 12.5. The number of aromatic nitrogens is 2. The Bertz CT molecular complexity index is 750. The molecule has 0 fully saturated rings. The van der Waals surface area contributed by atoms with E-state index in [0.717, 1.165) is 28.4 Å². The molecule has 0 aliphatic rings. The van der Waals surface area contributed by atoms with Gasteiger partial charge in [-0.2, -0.15) is 0 Å². The number of hydrogen-bond acceptors (Lipinski definition) is 3. The summed E-state index contributed by atoms with van der Waals surface area (Å²) in [5.41, 5.74) is 2.07. The van der Waals surface area contributed by atoms with E-state index in [2.05, 4.69) is 4.98 Å². The molecule has 0 spiro atoms. The minimum Gasteiger partial charge on any atom is -0.497 e. The van der Waals surface area contributed by atoms with Crippen LogP contribution in [0, 0.1) is 0 Å². The lowest BCUT2D eigenvalue weighted by Crippen LogP contribution is -2.39. The van der Waals surface area contributed by atoms with Gasteiger partial charge in [0.05, 0.1) is 7.11 Å². The summed E-state index contributed by atoms with van der Waals surface area (Å²) < 4.78 is 12.9. The molecule has 114 valence electrons. The molecule has 5 heteroatoms. The molecule has 0 aliphatic carbocycles. The van der Waals surface area contributed by atoms with Crippen molar-refractivity contribution in [3.05, 3.63) is 54.4 Å². The van der Waals surface area contributed by atoms with Crippen molar-refractivity contribution in [1.82, 2.24) is 4.98 Å². The molecule has 0 bridgehead atoms. The van der Waals surface area contributed by atoms with Gasteiger partial charge in [-0.05, 0) is 36.4 Å². The third kappa shape index (κ3) is 2.89. The summed E-state index contributed by atoms with van der Waals surface area (Å²) in [6, 6.07) is 15.5.